The zero-order chi connectivity index (χ0) is 14.4. The Labute approximate surface area is 123 Å². The van der Waals surface area contributed by atoms with Crippen LogP contribution in [0.5, 0.6) is 0 Å². The minimum absolute atomic E-state index is 0.0252. The Kier molecular flexibility index (Phi) is 5.49. The van der Waals surface area contributed by atoms with Crippen LogP contribution in [0.25, 0.3) is 10.2 Å². The number of fused-ring (bicyclic) bond motifs is 1. The summed E-state index contributed by atoms with van der Waals surface area (Å²) in [5.74, 6) is 0.114. The van der Waals surface area contributed by atoms with Gasteiger partial charge in [0.25, 0.3) is 0 Å². The number of hydrogen-bond donors (Lipinski definition) is 1. The maximum absolute atomic E-state index is 11.9. The first-order valence-corrected chi connectivity index (χ1v) is 7.79. The summed E-state index contributed by atoms with van der Waals surface area (Å²) in [6.07, 6.45) is 2.16. The standard InChI is InChI=1S/C15H20N2O2S/c1-2-17(10-11-18)15(19)9-5-8-14-16-12-6-3-4-7-13(12)20-14/h3-4,6-7,18H,2,5,8-11H2,1H3. The van der Waals surface area contributed by atoms with Crippen molar-refractivity contribution in [2.24, 2.45) is 0 Å². The van der Waals surface area contributed by atoms with E-state index in [-0.39, 0.29) is 12.5 Å². The Morgan fingerprint density at radius 1 is 1.40 bits per heavy atom. The van der Waals surface area contributed by atoms with Crippen LogP contribution in [0.3, 0.4) is 0 Å². The molecule has 20 heavy (non-hydrogen) atoms. The lowest BCUT2D eigenvalue weighted by atomic mass is 10.2. The first-order valence-electron chi connectivity index (χ1n) is 6.97. The number of thiazole rings is 1. The van der Waals surface area contributed by atoms with E-state index in [1.807, 2.05) is 25.1 Å². The lowest BCUT2D eigenvalue weighted by Gasteiger charge is -2.19. The van der Waals surface area contributed by atoms with Gasteiger partial charge in [0.2, 0.25) is 5.91 Å². The van der Waals surface area contributed by atoms with Gasteiger partial charge in [0.15, 0.2) is 0 Å². The topological polar surface area (TPSA) is 53.4 Å². The molecule has 1 aromatic heterocycles. The Bertz CT molecular complexity index is 535. The van der Waals surface area contributed by atoms with Crippen LogP contribution in [0.4, 0.5) is 0 Å². The van der Waals surface area contributed by atoms with Crippen LogP contribution in [-0.4, -0.2) is 40.6 Å². The number of amides is 1. The van der Waals surface area contributed by atoms with Crippen LogP contribution in [0.1, 0.15) is 24.8 Å². The van der Waals surface area contributed by atoms with Gasteiger partial charge in [-0.25, -0.2) is 4.98 Å². The molecule has 0 saturated heterocycles. The van der Waals surface area contributed by atoms with Gasteiger partial charge in [0, 0.05) is 19.5 Å². The molecule has 2 aromatic rings. The molecule has 0 aliphatic carbocycles. The molecular formula is C15H20N2O2S. The number of aromatic nitrogens is 1. The van der Waals surface area contributed by atoms with E-state index in [0.717, 1.165) is 23.4 Å². The molecule has 0 saturated carbocycles. The van der Waals surface area contributed by atoms with Crippen molar-refractivity contribution in [3.05, 3.63) is 29.3 Å². The molecule has 1 amide bonds. The van der Waals surface area contributed by atoms with Crippen molar-refractivity contribution >= 4 is 27.5 Å². The zero-order valence-electron chi connectivity index (χ0n) is 11.7. The number of carbonyl (C=O) groups is 1. The van der Waals surface area contributed by atoms with Gasteiger partial charge in [0.05, 0.1) is 21.8 Å². The SMILES string of the molecule is CCN(CCO)C(=O)CCCc1nc2ccccc2s1. The Morgan fingerprint density at radius 2 is 2.20 bits per heavy atom. The Hall–Kier alpha value is -1.46. The van der Waals surface area contributed by atoms with Gasteiger partial charge in [-0.15, -0.1) is 11.3 Å². The van der Waals surface area contributed by atoms with E-state index in [4.69, 9.17) is 5.11 Å². The fourth-order valence-electron chi connectivity index (χ4n) is 2.16. The third kappa shape index (κ3) is 3.77. The van der Waals surface area contributed by atoms with Crippen LogP contribution in [0.15, 0.2) is 24.3 Å². The van der Waals surface area contributed by atoms with E-state index in [9.17, 15) is 4.79 Å². The number of likely N-dealkylation sites (N-methyl/N-ethyl adjacent to an activating group) is 1. The average molecular weight is 292 g/mol. The molecule has 0 radical (unpaired) electrons. The second kappa shape index (κ2) is 7.36. The Morgan fingerprint density at radius 3 is 2.90 bits per heavy atom. The molecule has 0 aliphatic rings. The summed E-state index contributed by atoms with van der Waals surface area (Å²) in [6.45, 7) is 3.04. The molecular weight excluding hydrogens is 272 g/mol. The number of aliphatic hydroxyl groups is 1. The highest BCUT2D eigenvalue weighted by molar-refractivity contribution is 7.18. The molecule has 0 aliphatic heterocycles. The number of carbonyl (C=O) groups excluding carboxylic acids is 1. The van der Waals surface area contributed by atoms with Crippen LogP contribution in [-0.2, 0) is 11.2 Å². The van der Waals surface area contributed by atoms with Gasteiger partial charge >= 0.3 is 0 Å². The fraction of sp³-hybridized carbons (Fsp3) is 0.467. The van der Waals surface area contributed by atoms with Gasteiger partial charge < -0.3 is 10.0 Å². The lowest BCUT2D eigenvalue weighted by Crippen LogP contribution is -2.33. The number of aliphatic hydroxyl groups excluding tert-OH is 1. The summed E-state index contributed by atoms with van der Waals surface area (Å²) in [5.41, 5.74) is 1.04. The predicted molar refractivity (Wildman–Crippen MR) is 81.9 cm³/mol. The van der Waals surface area contributed by atoms with E-state index in [2.05, 4.69) is 11.1 Å². The van der Waals surface area contributed by atoms with Gasteiger partial charge in [-0.05, 0) is 31.9 Å². The Balaban J connectivity index is 1.84. The van der Waals surface area contributed by atoms with Crippen molar-refractivity contribution in [1.82, 2.24) is 9.88 Å². The highest BCUT2D eigenvalue weighted by Crippen LogP contribution is 2.22. The summed E-state index contributed by atoms with van der Waals surface area (Å²) in [4.78, 5) is 18.2. The maximum Gasteiger partial charge on any atom is 0.222 e. The molecule has 0 fully saturated rings. The number of hydrogen-bond acceptors (Lipinski definition) is 4. The minimum atomic E-state index is 0.0252. The zero-order valence-corrected chi connectivity index (χ0v) is 12.5. The first-order chi connectivity index (χ1) is 9.74. The van der Waals surface area contributed by atoms with E-state index in [1.165, 1.54) is 4.70 Å². The lowest BCUT2D eigenvalue weighted by molar-refractivity contribution is -0.131. The van der Waals surface area contributed by atoms with Gasteiger partial charge in [-0.1, -0.05) is 12.1 Å². The fourth-order valence-corrected chi connectivity index (χ4v) is 3.16. The third-order valence-corrected chi connectivity index (χ3v) is 4.32. The van der Waals surface area contributed by atoms with E-state index in [1.54, 1.807) is 16.2 Å². The summed E-state index contributed by atoms with van der Waals surface area (Å²) < 4.78 is 1.20. The van der Waals surface area contributed by atoms with Crippen molar-refractivity contribution < 1.29 is 9.90 Å². The highest BCUT2D eigenvalue weighted by atomic mass is 32.1. The maximum atomic E-state index is 11.9. The second-order valence-corrected chi connectivity index (χ2v) is 5.74. The highest BCUT2D eigenvalue weighted by Gasteiger charge is 2.11. The number of aryl methyl sites for hydroxylation is 1. The summed E-state index contributed by atoms with van der Waals surface area (Å²) >= 11 is 1.70. The molecule has 1 aromatic carbocycles. The van der Waals surface area contributed by atoms with Gasteiger partial charge in [0.1, 0.15) is 0 Å². The largest absolute Gasteiger partial charge is 0.395 e. The number of benzene rings is 1. The number of rotatable bonds is 7. The average Bonchev–Trinajstić information content (AvgIpc) is 2.87. The number of para-hydroxylation sites is 1. The molecule has 0 spiro atoms. The van der Waals surface area contributed by atoms with Crippen molar-refractivity contribution in [1.29, 1.82) is 0 Å². The molecule has 2 rings (SSSR count). The minimum Gasteiger partial charge on any atom is -0.395 e. The normalized spacial score (nSPS) is 10.9. The van der Waals surface area contributed by atoms with Crippen LogP contribution >= 0.6 is 11.3 Å². The van der Waals surface area contributed by atoms with E-state index >= 15 is 0 Å². The van der Waals surface area contributed by atoms with Crippen LogP contribution < -0.4 is 0 Å². The summed E-state index contributed by atoms with van der Waals surface area (Å²) in [6, 6.07) is 8.09. The monoisotopic (exact) mass is 292 g/mol. The van der Waals surface area contributed by atoms with E-state index in [0.29, 0.717) is 19.5 Å². The van der Waals surface area contributed by atoms with Crippen molar-refractivity contribution in [3.63, 3.8) is 0 Å². The molecule has 0 bridgehead atoms. The molecule has 108 valence electrons. The predicted octanol–water partition coefficient (Wildman–Crippen LogP) is 2.46. The van der Waals surface area contributed by atoms with Crippen LogP contribution in [0.2, 0.25) is 0 Å². The second-order valence-electron chi connectivity index (χ2n) is 4.63. The summed E-state index contributed by atoms with van der Waals surface area (Å²) in [7, 11) is 0. The quantitative estimate of drug-likeness (QED) is 0.853. The smallest absolute Gasteiger partial charge is 0.222 e. The molecule has 0 atom stereocenters. The van der Waals surface area contributed by atoms with Crippen molar-refractivity contribution in [2.45, 2.75) is 26.2 Å². The van der Waals surface area contributed by atoms with Gasteiger partial charge in [-0.2, -0.15) is 0 Å². The molecule has 1 heterocycles. The van der Waals surface area contributed by atoms with Crippen molar-refractivity contribution in [3.8, 4) is 0 Å². The third-order valence-electron chi connectivity index (χ3n) is 3.22. The van der Waals surface area contributed by atoms with Gasteiger partial charge in [-0.3, -0.25) is 4.79 Å². The van der Waals surface area contributed by atoms with Crippen molar-refractivity contribution in [2.75, 3.05) is 19.7 Å². The number of nitrogens with zero attached hydrogens (tertiary/aromatic N) is 2. The molecule has 4 nitrogen and oxygen atoms in total. The van der Waals surface area contributed by atoms with E-state index < -0.39 is 0 Å². The molecule has 5 heteroatoms. The summed E-state index contributed by atoms with van der Waals surface area (Å²) in [5, 5.41) is 9.99. The molecule has 0 unspecified atom stereocenters. The molecule has 1 N–H and O–H groups in total. The first kappa shape index (κ1) is 14.9. The van der Waals surface area contributed by atoms with Crippen LogP contribution in [0, 0.1) is 0 Å².